The van der Waals surface area contributed by atoms with Gasteiger partial charge in [0.2, 0.25) is 0 Å². The molecule has 1 unspecified atom stereocenters. The second-order valence-electron chi connectivity index (χ2n) is 6.52. The number of rotatable bonds is 5. The van der Waals surface area contributed by atoms with Crippen molar-refractivity contribution >= 4 is 22.4 Å². The number of carbonyl (C=O) groups is 1. The molecule has 1 atom stereocenters. The number of ketones is 1. The highest BCUT2D eigenvalue weighted by molar-refractivity contribution is 6.27. The number of nitrogens with zero attached hydrogens (tertiary/aromatic N) is 2. The average Bonchev–Trinajstić information content (AvgIpc) is 2.66. The third-order valence-corrected chi connectivity index (χ3v) is 4.95. The predicted molar refractivity (Wildman–Crippen MR) is 101 cm³/mol. The normalized spacial score (nSPS) is 13.6. The first-order chi connectivity index (χ1) is 12.2. The Bertz CT molecular complexity index is 965. The van der Waals surface area contributed by atoms with Crippen molar-refractivity contribution in [2.45, 2.75) is 39.2 Å². The lowest BCUT2D eigenvalue weighted by Gasteiger charge is -2.24. The molecule has 2 aromatic carbocycles. The fourth-order valence-corrected chi connectivity index (χ4v) is 3.68. The quantitative estimate of drug-likeness (QED) is 0.569. The van der Waals surface area contributed by atoms with E-state index in [4.69, 9.17) is 0 Å². The van der Waals surface area contributed by atoms with Crippen molar-refractivity contribution in [3.8, 4) is 11.3 Å². The minimum atomic E-state index is 0.0531. The highest BCUT2D eigenvalue weighted by Crippen LogP contribution is 2.40. The largest absolute Gasteiger partial charge is 0.382 e. The monoisotopic (exact) mass is 331 g/mol. The summed E-state index contributed by atoms with van der Waals surface area (Å²) < 4.78 is 0. The number of aromatic nitrogens is 2. The van der Waals surface area contributed by atoms with Gasteiger partial charge in [-0.15, -0.1) is 0 Å². The van der Waals surface area contributed by atoms with Crippen LogP contribution in [0.2, 0.25) is 0 Å². The Kier molecular flexibility index (Phi) is 3.96. The topological polar surface area (TPSA) is 54.9 Å². The summed E-state index contributed by atoms with van der Waals surface area (Å²) in [5, 5.41) is 4.45. The number of nitrogens with one attached hydrogen (secondary N) is 1. The smallest absolute Gasteiger partial charge is 0.196 e. The second kappa shape index (κ2) is 6.28. The zero-order chi connectivity index (χ0) is 17.4. The van der Waals surface area contributed by atoms with Gasteiger partial charge in [-0.3, -0.25) is 4.79 Å². The summed E-state index contributed by atoms with van der Waals surface area (Å²) in [6.07, 6.45) is 4.79. The van der Waals surface area contributed by atoms with Crippen LogP contribution in [0.1, 0.15) is 49.0 Å². The van der Waals surface area contributed by atoms with E-state index in [0.717, 1.165) is 47.1 Å². The Morgan fingerprint density at radius 2 is 1.84 bits per heavy atom. The maximum Gasteiger partial charge on any atom is 0.196 e. The van der Waals surface area contributed by atoms with Crippen LogP contribution in [0.15, 0.2) is 42.7 Å². The summed E-state index contributed by atoms with van der Waals surface area (Å²) in [6.45, 7) is 4.35. The fraction of sp³-hybridized carbons (Fsp3) is 0.286. The van der Waals surface area contributed by atoms with Gasteiger partial charge in [0.25, 0.3) is 0 Å². The van der Waals surface area contributed by atoms with Crippen molar-refractivity contribution in [1.29, 1.82) is 0 Å². The highest BCUT2D eigenvalue weighted by Gasteiger charge is 2.29. The lowest BCUT2D eigenvalue weighted by molar-refractivity contribution is 0.104. The molecule has 0 aliphatic heterocycles. The van der Waals surface area contributed by atoms with Gasteiger partial charge in [0.15, 0.2) is 5.78 Å². The van der Waals surface area contributed by atoms with Gasteiger partial charge in [-0.25, -0.2) is 9.97 Å². The standard InChI is InChI=1S/C21H21N3O/c1-3-7-13(4-2)24-17-11-10-16-18-19(17)21(25)15-9-6-5-8-14(15)20(18)23-12-22-16/h5-6,8-13,24H,3-4,7H2,1-2H3. The Hall–Kier alpha value is -2.75. The van der Waals surface area contributed by atoms with Crippen LogP contribution in [-0.4, -0.2) is 21.8 Å². The van der Waals surface area contributed by atoms with Crippen LogP contribution in [0.5, 0.6) is 0 Å². The molecule has 126 valence electrons. The van der Waals surface area contributed by atoms with Crippen molar-refractivity contribution in [2.24, 2.45) is 0 Å². The molecule has 1 N–H and O–H groups in total. The summed E-state index contributed by atoms with van der Waals surface area (Å²) >= 11 is 0. The molecule has 4 nitrogen and oxygen atoms in total. The lowest BCUT2D eigenvalue weighted by atomic mass is 9.85. The first-order valence-electron chi connectivity index (χ1n) is 8.93. The van der Waals surface area contributed by atoms with Crippen molar-refractivity contribution in [3.05, 3.63) is 53.9 Å². The van der Waals surface area contributed by atoms with E-state index in [9.17, 15) is 4.79 Å². The zero-order valence-corrected chi connectivity index (χ0v) is 14.5. The second-order valence-corrected chi connectivity index (χ2v) is 6.52. The number of anilines is 1. The molecule has 0 fully saturated rings. The molecule has 1 aromatic heterocycles. The van der Waals surface area contributed by atoms with E-state index in [1.165, 1.54) is 0 Å². The predicted octanol–water partition coefficient (Wildman–Crippen LogP) is 4.83. The van der Waals surface area contributed by atoms with E-state index in [-0.39, 0.29) is 5.78 Å². The summed E-state index contributed by atoms with van der Waals surface area (Å²) in [6, 6.07) is 12.0. The van der Waals surface area contributed by atoms with E-state index in [1.54, 1.807) is 6.33 Å². The fourth-order valence-electron chi connectivity index (χ4n) is 3.68. The summed E-state index contributed by atoms with van der Waals surface area (Å²) in [5.74, 6) is 0.0531. The maximum absolute atomic E-state index is 13.2. The molecular formula is C21H21N3O. The molecule has 4 rings (SSSR count). The van der Waals surface area contributed by atoms with E-state index in [1.807, 2.05) is 36.4 Å². The van der Waals surface area contributed by atoms with Gasteiger partial charge in [-0.2, -0.15) is 0 Å². The van der Waals surface area contributed by atoms with Crippen LogP contribution in [0, 0.1) is 0 Å². The van der Waals surface area contributed by atoms with E-state index < -0.39 is 0 Å². The summed E-state index contributed by atoms with van der Waals surface area (Å²) in [5.41, 5.74) is 4.88. The molecule has 0 spiro atoms. The molecule has 4 heteroatoms. The van der Waals surface area contributed by atoms with Crippen molar-refractivity contribution in [1.82, 2.24) is 9.97 Å². The minimum absolute atomic E-state index is 0.0531. The van der Waals surface area contributed by atoms with Crippen LogP contribution in [0.25, 0.3) is 22.2 Å². The summed E-state index contributed by atoms with van der Waals surface area (Å²) in [4.78, 5) is 22.1. The van der Waals surface area contributed by atoms with Gasteiger partial charge in [0.1, 0.15) is 6.33 Å². The Balaban J connectivity index is 1.96. The average molecular weight is 331 g/mol. The van der Waals surface area contributed by atoms with Gasteiger partial charge in [0.05, 0.1) is 16.8 Å². The number of fused-ring (bicyclic) bond motifs is 2. The molecule has 1 heterocycles. The third kappa shape index (κ3) is 2.49. The Labute approximate surface area is 147 Å². The number of hydrogen-bond acceptors (Lipinski definition) is 4. The van der Waals surface area contributed by atoms with Crippen LogP contribution < -0.4 is 5.32 Å². The van der Waals surface area contributed by atoms with E-state index >= 15 is 0 Å². The number of carbonyl (C=O) groups excluding carboxylic acids is 1. The molecule has 1 aliphatic rings. The van der Waals surface area contributed by atoms with Gasteiger partial charge < -0.3 is 5.32 Å². The first-order valence-corrected chi connectivity index (χ1v) is 8.93. The minimum Gasteiger partial charge on any atom is -0.382 e. The van der Waals surface area contributed by atoms with Crippen LogP contribution >= 0.6 is 0 Å². The van der Waals surface area contributed by atoms with Crippen molar-refractivity contribution in [3.63, 3.8) is 0 Å². The lowest BCUT2D eigenvalue weighted by Crippen LogP contribution is -2.21. The van der Waals surface area contributed by atoms with E-state index in [2.05, 4.69) is 29.1 Å². The molecular weight excluding hydrogens is 310 g/mol. The SMILES string of the molecule is CCCC(CC)Nc1ccc2ncnc3c2c1C(=O)c1ccccc1-3. The van der Waals surface area contributed by atoms with Crippen molar-refractivity contribution < 1.29 is 4.79 Å². The summed E-state index contributed by atoms with van der Waals surface area (Å²) in [7, 11) is 0. The molecule has 0 amide bonds. The molecule has 25 heavy (non-hydrogen) atoms. The zero-order valence-electron chi connectivity index (χ0n) is 14.5. The molecule has 0 saturated carbocycles. The number of hydrogen-bond donors (Lipinski definition) is 1. The van der Waals surface area contributed by atoms with Gasteiger partial charge in [-0.05, 0) is 25.0 Å². The molecule has 0 saturated heterocycles. The van der Waals surface area contributed by atoms with Crippen molar-refractivity contribution in [2.75, 3.05) is 5.32 Å². The van der Waals surface area contributed by atoms with Crippen LogP contribution in [-0.2, 0) is 0 Å². The first kappa shape index (κ1) is 15.8. The van der Waals surface area contributed by atoms with Crippen LogP contribution in [0.4, 0.5) is 5.69 Å². The molecule has 0 radical (unpaired) electrons. The van der Waals surface area contributed by atoms with Gasteiger partial charge in [-0.1, -0.05) is 44.5 Å². The van der Waals surface area contributed by atoms with Gasteiger partial charge >= 0.3 is 0 Å². The molecule has 3 aromatic rings. The molecule has 1 aliphatic carbocycles. The Morgan fingerprint density at radius 1 is 1.04 bits per heavy atom. The highest BCUT2D eigenvalue weighted by atomic mass is 16.1. The molecule has 0 bridgehead atoms. The number of benzene rings is 2. The Morgan fingerprint density at radius 3 is 2.60 bits per heavy atom. The maximum atomic E-state index is 13.2. The van der Waals surface area contributed by atoms with Crippen LogP contribution in [0.3, 0.4) is 0 Å². The van der Waals surface area contributed by atoms with E-state index in [0.29, 0.717) is 17.2 Å². The van der Waals surface area contributed by atoms with Gasteiger partial charge in [0, 0.05) is 28.2 Å². The third-order valence-electron chi connectivity index (χ3n) is 4.95.